The van der Waals surface area contributed by atoms with Crippen molar-refractivity contribution in [1.82, 2.24) is 0 Å². The average Bonchev–Trinajstić information content (AvgIpc) is 2.87. The first-order valence-corrected chi connectivity index (χ1v) is 6.58. The number of hydrogen-bond acceptors (Lipinski definition) is 5. The molecule has 0 bridgehead atoms. The molecule has 0 aliphatic carbocycles. The fraction of sp³-hybridized carbons (Fsp3) is 0.333. The van der Waals surface area contributed by atoms with Crippen LogP contribution >= 0.6 is 0 Å². The molecule has 0 saturated carbocycles. The van der Waals surface area contributed by atoms with Crippen LogP contribution < -0.4 is 5.32 Å². The van der Waals surface area contributed by atoms with E-state index in [0.29, 0.717) is 5.69 Å². The molecule has 0 spiro atoms. The molecule has 1 saturated heterocycles. The van der Waals surface area contributed by atoms with E-state index in [1.165, 1.54) is 0 Å². The number of anilines is 1. The van der Waals surface area contributed by atoms with Gasteiger partial charge in [0.25, 0.3) is 5.91 Å². The van der Waals surface area contributed by atoms with Gasteiger partial charge in [-0.2, -0.15) is 0 Å². The van der Waals surface area contributed by atoms with Gasteiger partial charge in [-0.25, -0.2) is 0 Å². The molecule has 1 atom stereocenters. The lowest BCUT2D eigenvalue weighted by Gasteiger charge is -2.07. The Balaban J connectivity index is 1.94. The first kappa shape index (κ1) is 14.9. The molecule has 0 aromatic heterocycles. The number of cyclic esters (lactones) is 1. The molecule has 1 aromatic rings. The van der Waals surface area contributed by atoms with E-state index >= 15 is 0 Å². The van der Waals surface area contributed by atoms with E-state index in [1.807, 2.05) is 6.07 Å². The first-order chi connectivity index (χ1) is 9.99. The van der Waals surface area contributed by atoms with E-state index in [-0.39, 0.29) is 13.0 Å². The largest absolute Gasteiger partial charge is 0.465 e. The van der Waals surface area contributed by atoms with Crippen LogP contribution in [0.15, 0.2) is 24.3 Å². The number of carbonyl (C=O) groups excluding carboxylic acids is 4. The van der Waals surface area contributed by atoms with Crippen molar-refractivity contribution in [3.8, 4) is 0 Å². The second kappa shape index (κ2) is 6.30. The van der Waals surface area contributed by atoms with Gasteiger partial charge in [-0.15, -0.1) is 0 Å². The van der Waals surface area contributed by atoms with Gasteiger partial charge in [0, 0.05) is 12.1 Å². The molecule has 1 heterocycles. The molecule has 6 heteroatoms. The lowest BCUT2D eigenvalue weighted by atomic mass is 9.98. The highest BCUT2D eigenvalue weighted by Crippen LogP contribution is 2.17. The number of ketones is 2. The predicted molar refractivity (Wildman–Crippen MR) is 73.5 cm³/mol. The average molecular weight is 289 g/mol. The highest BCUT2D eigenvalue weighted by molar-refractivity contribution is 6.43. The summed E-state index contributed by atoms with van der Waals surface area (Å²) < 4.78 is 4.67. The number of amides is 1. The van der Waals surface area contributed by atoms with E-state index in [9.17, 15) is 19.2 Å². The standard InChI is InChI=1S/C15H15NO5/c1-9-4-2-3-5-11(9)16-14(19)13(18)8-12(17)10-6-7-21-15(10)20/h2-5,10H,6-8H2,1H3,(H,16,19)/t10-/m0/s1. The van der Waals surface area contributed by atoms with Gasteiger partial charge >= 0.3 is 5.97 Å². The van der Waals surface area contributed by atoms with E-state index < -0.39 is 35.8 Å². The van der Waals surface area contributed by atoms with E-state index in [0.717, 1.165) is 5.56 Å². The minimum atomic E-state index is -0.916. The number of rotatable bonds is 5. The number of carbonyl (C=O) groups is 4. The zero-order valence-electron chi connectivity index (χ0n) is 11.5. The second-order valence-electron chi connectivity index (χ2n) is 4.84. The lowest BCUT2D eigenvalue weighted by Crippen LogP contribution is -2.29. The molecule has 0 radical (unpaired) electrons. The molecule has 110 valence electrons. The van der Waals surface area contributed by atoms with Crippen molar-refractivity contribution in [2.45, 2.75) is 19.8 Å². The fourth-order valence-corrected chi connectivity index (χ4v) is 2.06. The Bertz CT molecular complexity index is 608. The summed E-state index contributed by atoms with van der Waals surface area (Å²) in [7, 11) is 0. The maximum Gasteiger partial charge on any atom is 0.316 e. The summed E-state index contributed by atoms with van der Waals surface area (Å²) in [5.74, 6) is -3.82. The van der Waals surface area contributed by atoms with Crippen molar-refractivity contribution in [3.05, 3.63) is 29.8 Å². The highest BCUT2D eigenvalue weighted by Gasteiger charge is 2.34. The van der Waals surface area contributed by atoms with E-state index in [4.69, 9.17) is 0 Å². The van der Waals surface area contributed by atoms with Crippen molar-refractivity contribution < 1.29 is 23.9 Å². The molecule has 1 aromatic carbocycles. The number of aryl methyl sites for hydroxylation is 1. The number of para-hydroxylation sites is 1. The lowest BCUT2D eigenvalue weighted by molar-refractivity contribution is -0.145. The second-order valence-corrected chi connectivity index (χ2v) is 4.84. The molecular weight excluding hydrogens is 274 g/mol. The van der Waals surface area contributed by atoms with Gasteiger partial charge in [-0.3, -0.25) is 19.2 Å². The Morgan fingerprint density at radius 1 is 1.29 bits per heavy atom. The van der Waals surface area contributed by atoms with Crippen LogP contribution in [0.1, 0.15) is 18.4 Å². The highest BCUT2D eigenvalue weighted by atomic mass is 16.5. The van der Waals surface area contributed by atoms with Crippen molar-refractivity contribution in [3.63, 3.8) is 0 Å². The van der Waals surface area contributed by atoms with E-state index in [1.54, 1.807) is 25.1 Å². The van der Waals surface area contributed by atoms with Crippen LogP contribution in [-0.4, -0.2) is 30.0 Å². The minimum Gasteiger partial charge on any atom is -0.465 e. The molecule has 1 N–H and O–H groups in total. The SMILES string of the molecule is Cc1ccccc1NC(=O)C(=O)CC(=O)[C@@H]1CCOC1=O. The van der Waals surface area contributed by atoms with Crippen LogP contribution in [0.25, 0.3) is 0 Å². The number of Topliss-reactive ketones (excluding diaryl/α,β-unsaturated/α-hetero) is 2. The summed E-state index contributed by atoms with van der Waals surface area (Å²) >= 11 is 0. The monoisotopic (exact) mass is 289 g/mol. The van der Waals surface area contributed by atoms with Crippen molar-refractivity contribution >= 4 is 29.1 Å². The van der Waals surface area contributed by atoms with Gasteiger partial charge in [-0.1, -0.05) is 18.2 Å². The van der Waals surface area contributed by atoms with Crippen LogP contribution in [0.4, 0.5) is 5.69 Å². The minimum absolute atomic E-state index is 0.179. The third-order valence-electron chi connectivity index (χ3n) is 3.31. The summed E-state index contributed by atoms with van der Waals surface area (Å²) in [5, 5.41) is 2.46. The molecule has 1 fully saturated rings. The van der Waals surface area contributed by atoms with Crippen molar-refractivity contribution in [2.24, 2.45) is 5.92 Å². The summed E-state index contributed by atoms with van der Waals surface area (Å²) in [6.07, 6.45) is -0.318. The summed E-state index contributed by atoms with van der Waals surface area (Å²) in [4.78, 5) is 46.6. The molecular formula is C15H15NO5. The van der Waals surface area contributed by atoms with Crippen LogP contribution in [0.2, 0.25) is 0 Å². The van der Waals surface area contributed by atoms with Crippen molar-refractivity contribution in [1.29, 1.82) is 0 Å². The van der Waals surface area contributed by atoms with Crippen LogP contribution in [0.3, 0.4) is 0 Å². The quantitative estimate of drug-likeness (QED) is 0.496. The fourth-order valence-electron chi connectivity index (χ4n) is 2.06. The summed E-state index contributed by atoms with van der Waals surface area (Å²) in [5.41, 5.74) is 1.33. The van der Waals surface area contributed by atoms with Gasteiger partial charge in [0.2, 0.25) is 5.78 Å². The molecule has 1 amide bonds. The maximum atomic E-state index is 11.8. The predicted octanol–water partition coefficient (Wildman–Crippen LogP) is 1.02. The number of hydrogen-bond donors (Lipinski definition) is 1. The van der Waals surface area contributed by atoms with Gasteiger partial charge in [0.15, 0.2) is 5.78 Å². The van der Waals surface area contributed by atoms with Gasteiger partial charge in [-0.05, 0) is 18.6 Å². The van der Waals surface area contributed by atoms with E-state index in [2.05, 4.69) is 10.1 Å². The third-order valence-corrected chi connectivity index (χ3v) is 3.31. The smallest absolute Gasteiger partial charge is 0.316 e. The number of esters is 1. The summed E-state index contributed by atoms with van der Waals surface area (Å²) in [6.45, 7) is 1.97. The summed E-state index contributed by atoms with van der Waals surface area (Å²) in [6, 6.07) is 6.99. The Labute approximate surface area is 121 Å². The number of ether oxygens (including phenoxy) is 1. The maximum absolute atomic E-state index is 11.8. The zero-order valence-corrected chi connectivity index (χ0v) is 11.5. The molecule has 1 aliphatic heterocycles. The Hall–Kier alpha value is -2.50. The molecule has 21 heavy (non-hydrogen) atoms. The molecule has 6 nitrogen and oxygen atoms in total. The molecule has 0 unspecified atom stereocenters. The van der Waals surface area contributed by atoms with Crippen LogP contribution in [0, 0.1) is 12.8 Å². The Morgan fingerprint density at radius 3 is 2.62 bits per heavy atom. The number of benzene rings is 1. The van der Waals surface area contributed by atoms with Gasteiger partial charge < -0.3 is 10.1 Å². The Kier molecular flexibility index (Phi) is 4.47. The first-order valence-electron chi connectivity index (χ1n) is 6.58. The van der Waals surface area contributed by atoms with Gasteiger partial charge in [0.1, 0.15) is 5.92 Å². The van der Waals surface area contributed by atoms with Crippen LogP contribution in [-0.2, 0) is 23.9 Å². The zero-order chi connectivity index (χ0) is 15.4. The Morgan fingerprint density at radius 2 is 2.00 bits per heavy atom. The topological polar surface area (TPSA) is 89.5 Å². The normalized spacial score (nSPS) is 17.2. The van der Waals surface area contributed by atoms with Crippen LogP contribution in [0.5, 0.6) is 0 Å². The molecule has 1 aliphatic rings. The van der Waals surface area contributed by atoms with Crippen molar-refractivity contribution in [2.75, 3.05) is 11.9 Å². The van der Waals surface area contributed by atoms with Gasteiger partial charge in [0.05, 0.1) is 13.0 Å². The molecule has 2 rings (SSSR count). The number of nitrogens with one attached hydrogen (secondary N) is 1. The third kappa shape index (κ3) is 3.53.